The third kappa shape index (κ3) is 3.87. The molecule has 0 aliphatic carbocycles. The van der Waals surface area contributed by atoms with Crippen LogP contribution in [0.5, 0.6) is 0 Å². The van der Waals surface area contributed by atoms with E-state index in [9.17, 15) is 4.79 Å². The van der Waals surface area contributed by atoms with Gasteiger partial charge in [0.05, 0.1) is 5.75 Å². The molecule has 0 fully saturated rings. The number of thioether (sulfide) groups is 1. The summed E-state index contributed by atoms with van der Waals surface area (Å²) in [6, 6.07) is 15.3. The second kappa shape index (κ2) is 6.79. The Kier molecular flexibility index (Phi) is 4.57. The number of ketones is 1. The van der Waals surface area contributed by atoms with Gasteiger partial charge in [0.2, 0.25) is 5.89 Å². The summed E-state index contributed by atoms with van der Waals surface area (Å²) in [5, 5.41) is 8.49. The van der Waals surface area contributed by atoms with Crippen LogP contribution in [0.3, 0.4) is 0 Å². The predicted molar refractivity (Wildman–Crippen MR) is 90.7 cm³/mol. The number of rotatable bonds is 5. The molecule has 0 saturated heterocycles. The number of Topliss-reactive ketones (excluding diaryl/α,β-unsaturated/α-hetero) is 1. The average Bonchev–Trinajstić information content (AvgIpc) is 3.01. The molecule has 0 aliphatic rings. The number of hydrogen-bond donors (Lipinski definition) is 0. The van der Waals surface area contributed by atoms with Gasteiger partial charge in [0.25, 0.3) is 5.22 Å². The smallest absolute Gasteiger partial charge is 0.277 e. The summed E-state index contributed by atoms with van der Waals surface area (Å²) < 4.78 is 5.65. The first-order valence-corrected chi connectivity index (χ1v) is 8.23. The Morgan fingerprint density at radius 3 is 2.43 bits per heavy atom. The van der Waals surface area contributed by atoms with E-state index in [4.69, 9.17) is 4.42 Å². The van der Waals surface area contributed by atoms with Crippen molar-refractivity contribution in [3.05, 3.63) is 65.2 Å². The van der Waals surface area contributed by atoms with Gasteiger partial charge < -0.3 is 4.42 Å². The van der Waals surface area contributed by atoms with Gasteiger partial charge in [-0.25, -0.2) is 0 Å². The average molecular weight is 324 g/mol. The summed E-state index contributed by atoms with van der Waals surface area (Å²) in [7, 11) is 0. The van der Waals surface area contributed by atoms with Gasteiger partial charge in [0, 0.05) is 11.1 Å². The Morgan fingerprint density at radius 2 is 1.74 bits per heavy atom. The number of carbonyl (C=O) groups is 1. The lowest BCUT2D eigenvalue weighted by molar-refractivity contribution is 0.102. The van der Waals surface area contributed by atoms with Crippen molar-refractivity contribution in [3.63, 3.8) is 0 Å². The van der Waals surface area contributed by atoms with Crippen molar-refractivity contribution in [2.24, 2.45) is 0 Å². The summed E-state index contributed by atoms with van der Waals surface area (Å²) in [4.78, 5) is 12.1. The highest BCUT2D eigenvalue weighted by atomic mass is 32.2. The third-order valence-corrected chi connectivity index (χ3v) is 4.12. The van der Waals surface area contributed by atoms with E-state index in [-0.39, 0.29) is 11.5 Å². The minimum Gasteiger partial charge on any atom is -0.411 e. The number of nitrogens with zero attached hydrogens (tertiary/aromatic N) is 2. The lowest BCUT2D eigenvalue weighted by Crippen LogP contribution is -2.01. The molecular formula is C18H16N2O2S. The van der Waals surface area contributed by atoms with Crippen LogP contribution in [-0.2, 0) is 0 Å². The molecule has 1 heterocycles. The van der Waals surface area contributed by atoms with Crippen molar-refractivity contribution < 1.29 is 9.21 Å². The van der Waals surface area contributed by atoms with Crippen molar-refractivity contribution in [2.75, 3.05) is 5.75 Å². The zero-order valence-corrected chi connectivity index (χ0v) is 13.8. The Hall–Kier alpha value is -2.40. The zero-order chi connectivity index (χ0) is 16.2. The van der Waals surface area contributed by atoms with Crippen molar-refractivity contribution >= 4 is 17.5 Å². The molecule has 0 spiro atoms. The standard InChI is InChI=1S/C18H16N2O2S/c1-12-8-13(2)10-15(9-12)17-19-20-18(22-17)23-11-16(21)14-6-4-3-5-7-14/h3-10H,11H2,1-2H3. The van der Waals surface area contributed by atoms with Crippen LogP contribution in [0.25, 0.3) is 11.5 Å². The van der Waals surface area contributed by atoms with Crippen LogP contribution in [0.1, 0.15) is 21.5 Å². The van der Waals surface area contributed by atoms with E-state index >= 15 is 0 Å². The molecule has 0 N–H and O–H groups in total. The maximum Gasteiger partial charge on any atom is 0.277 e. The first-order valence-electron chi connectivity index (χ1n) is 7.25. The molecule has 116 valence electrons. The van der Waals surface area contributed by atoms with Gasteiger partial charge in [-0.15, -0.1) is 10.2 Å². The van der Waals surface area contributed by atoms with Crippen LogP contribution in [0.4, 0.5) is 0 Å². The highest BCUT2D eigenvalue weighted by Gasteiger charge is 2.12. The fourth-order valence-corrected chi connectivity index (χ4v) is 2.98. The Bertz CT molecular complexity index is 808. The molecule has 0 aliphatic heterocycles. The highest BCUT2D eigenvalue weighted by molar-refractivity contribution is 7.99. The molecule has 1 aromatic heterocycles. The predicted octanol–water partition coefficient (Wildman–Crippen LogP) is 4.33. The monoisotopic (exact) mass is 324 g/mol. The number of aryl methyl sites for hydroxylation is 2. The van der Waals surface area contributed by atoms with Crippen LogP contribution in [0.2, 0.25) is 0 Å². The van der Waals surface area contributed by atoms with Gasteiger partial charge in [-0.05, 0) is 26.0 Å². The quantitative estimate of drug-likeness (QED) is 0.516. The molecule has 23 heavy (non-hydrogen) atoms. The maximum absolute atomic E-state index is 12.1. The minimum absolute atomic E-state index is 0.0433. The SMILES string of the molecule is Cc1cc(C)cc(-c2nnc(SCC(=O)c3ccccc3)o2)c1. The summed E-state index contributed by atoms with van der Waals surface area (Å²) in [6.07, 6.45) is 0. The second-order valence-corrected chi connectivity index (χ2v) is 6.25. The van der Waals surface area contributed by atoms with Crippen molar-refractivity contribution in [3.8, 4) is 11.5 Å². The van der Waals surface area contributed by atoms with Crippen molar-refractivity contribution in [1.82, 2.24) is 10.2 Å². The van der Waals surface area contributed by atoms with E-state index in [0.29, 0.717) is 16.7 Å². The molecule has 0 bridgehead atoms. The summed E-state index contributed by atoms with van der Waals surface area (Å²) in [6.45, 7) is 4.06. The van der Waals surface area contributed by atoms with E-state index < -0.39 is 0 Å². The fourth-order valence-electron chi connectivity index (χ4n) is 2.32. The Balaban J connectivity index is 1.69. The molecule has 4 nitrogen and oxygen atoms in total. The van der Waals surface area contributed by atoms with Gasteiger partial charge >= 0.3 is 0 Å². The molecule has 0 amide bonds. The first-order chi connectivity index (χ1) is 11.1. The van der Waals surface area contributed by atoms with Gasteiger partial charge in [0.1, 0.15) is 0 Å². The van der Waals surface area contributed by atoms with Crippen LogP contribution in [0, 0.1) is 13.8 Å². The van der Waals surface area contributed by atoms with E-state index in [1.165, 1.54) is 11.8 Å². The molecule has 3 rings (SSSR count). The fraction of sp³-hybridized carbons (Fsp3) is 0.167. The molecule has 3 aromatic rings. The number of hydrogen-bond acceptors (Lipinski definition) is 5. The summed E-state index contributed by atoms with van der Waals surface area (Å²) in [5.41, 5.74) is 3.88. The molecule has 0 radical (unpaired) electrons. The third-order valence-electron chi connectivity index (χ3n) is 3.30. The second-order valence-electron chi connectivity index (χ2n) is 5.33. The largest absolute Gasteiger partial charge is 0.411 e. The summed E-state index contributed by atoms with van der Waals surface area (Å²) >= 11 is 1.26. The van der Waals surface area contributed by atoms with E-state index in [2.05, 4.69) is 16.3 Å². The zero-order valence-electron chi connectivity index (χ0n) is 12.9. The van der Waals surface area contributed by atoms with E-state index in [0.717, 1.165) is 16.7 Å². The van der Waals surface area contributed by atoms with Crippen LogP contribution < -0.4 is 0 Å². The minimum atomic E-state index is 0.0433. The topological polar surface area (TPSA) is 56.0 Å². The van der Waals surface area contributed by atoms with E-state index in [1.54, 1.807) is 12.1 Å². The van der Waals surface area contributed by atoms with Gasteiger partial charge in [-0.3, -0.25) is 4.79 Å². The molecular weight excluding hydrogens is 308 g/mol. The Morgan fingerprint density at radius 1 is 1.04 bits per heavy atom. The van der Waals surface area contributed by atoms with Crippen LogP contribution in [0.15, 0.2) is 58.2 Å². The highest BCUT2D eigenvalue weighted by Crippen LogP contribution is 2.25. The Labute approximate surface area is 138 Å². The summed E-state index contributed by atoms with van der Waals surface area (Å²) in [5.74, 6) is 0.798. The van der Waals surface area contributed by atoms with Gasteiger partial charge in [0.15, 0.2) is 5.78 Å². The number of carbonyl (C=O) groups excluding carboxylic acids is 1. The number of benzene rings is 2. The molecule has 0 atom stereocenters. The lowest BCUT2D eigenvalue weighted by atomic mass is 10.1. The normalized spacial score (nSPS) is 10.7. The molecule has 0 saturated carbocycles. The molecule has 2 aromatic carbocycles. The molecule has 0 unspecified atom stereocenters. The molecule has 5 heteroatoms. The number of aromatic nitrogens is 2. The van der Waals surface area contributed by atoms with Crippen LogP contribution in [-0.4, -0.2) is 21.7 Å². The lowest BCUT2D eigenvalue weighted by Gasteiger charge is -2.00. The van der Waals surface area contributed by atoms with Crippen molar-refractivity contribution in [1.29, 1.82) is 0 Å². The van der Waals surface area contributed by atoms with Crippen molar-refractivity contribution in [2.45, 2.75) is 19.1 Å². The van der Waals surface area contributed by atoms with Gasteiger partial charge in [-0.2, -0.15) is 0 Å². The van der Waals surface area contributed by atoms with Crippen LogP contribution >= 0.6 is 11.8 Å². The van der Waals surface area contributed by atoms with E-state index in [1.807, 2.05) is 44.2 Å². The maximum atomic E-state index is 12.1. The first kappa shape index (κ1) is 15.5. The van der Waals surface area contributed by atoms with Gasteiger partial charge in [-0.1, -0.05) is 59.3 Å².